The summed E-state index contributed by atoms with van der Waals surface area (Å²) >= 11 is 0. The molecule has 2 aromatic rings. The number of hydrogen-bond acceptors (Lipinski definition) is 3. The van der Waals surface area contributed by atoms with Crippen LogP contribution in [0, 0.1) is 0 Å². The Morgan fingerprint density at radius 2 is 2.05 bits per heavy atom. The molecular formula is C14H16N4O2. The highest BCUT2D eigenvalue weighted by molar-refractivity contribution is 5.89. The third-order valence-corrected chi connectivity index (χ3v) is 2.70. The minimum Gasteiger partial charge on any atom is -0.338 e. The van der Waals surface area contributed by atoms with Gasteiger partial charge < -0.3 is 15.6 Å². The number of amides is 2. The summed E-state index contributed by atoms with van der Waals surface area (Å²) in [4.78, 5) is 29.8. The van der Waals surface area contributed by atoms with Crippen LogP contribution in [0.4, 0.5) is 10.5 Å². The zero-order chi connectivity index (χ0) is 14.4. The number of carbonyl (C=O) groups is 1. The fourth-order valence-corrected chi connectivity index (χ4v) is 1.69. The molecule has 20 heavy (non-hydrogen) atoms. The zero-order valence-electron chi connectivity index (χ0n) is 11.1. The quantitative estimate of drug-likeness (QED) is 0.795. The summed E-state index contributed by atoms with van der Waals surface area (Å²) in [5.41, 5.74) is 1.59. The Morgan fingerprint density at radius 1 is 1.30 bits per heavy atom. The van der Waals surface area contributed by atoms with Crippen molar-refractivity contribution in [1.82, 2.24) is 15.3 Å². The molecule has 6 heteroatoms. The van der Waals surface area contributed by atoms with Crippen molar-refractivity contribution >= 4 is 11.7 Å². The number of anilines is 1. The van der Waals surface area contributed by atoms with Crippen molar-refractivity contribution in [3.63, 3.8) is 0 Å². The van der Waals surface area contributed by atoms with Crippen LogP contribution in [-0.2, 0) is 0 Å². The predicted octanol–water partition coefficient (Wildman–Crippen LogP) is 1.97. The van der Waals surface area contributed by atoms with E-state index in [0.29, 0.717) is 6.54 Å². The van der Waals surface area contributed by atoms with E-state index in [0.717, 1.165) is 17.5 Å². The Morgan fingerprint density at radius 3 is 2.75 bits per heavy atom. The first-order valence-electron chi connectivity index (χ1n) is 6.38. The van der Waals surface area contributed by atoms with Crippen LogP contribution in [0.2, 0.25) is 0 Å². The normalized spacial score (nSPS) is 10.1. The van der Waals surface area contributed by atoms with Gasteiger partial charge in [-0.05, 0) is 30.2 Å². The number of nitrogens with one attached hydrogen (secondary N) is 3. The molecule has 0 saturated carbocycles. The average molecular weight is 272 g/mol. The Labute approximate surface area is 116 Å². The van der Waals surface area contributed by atoms with E-state index in [1.54, 1.807) is 24.7 Å². The smallest absolute Gasteiger partial charge is 0.319 e. The minimum atomic E-state index is -0.385. The van der Waals surface area contributed by atoms with E-state index in [-0.39, 0.29) is 17.3 Å². The lowest BCUT2D eigenvalue weighted by Crippen LogP contribution is -2.31. The van der Waals surface area contributed by atoms with E-state index >= 15 is 0 Å². The summed E-state index contributed by atoms with van der Waals surface area (Å²) in [5.74, 6) is 0. The number of aromatic nitrogens is 2. The molecule has 0 aromatic carbocycles. The molecule has 2 rings (SSSR count). The highest BCUT2D eigenvalue weighted by atomic mass is 16.2. The number of aromatic amines is 1. The second kappa shape index (κ2) is 6.51. The van der Waals surface area contributed by atoms with E-state index in [1.165, 1.54) is 0 Å². The third kappa shape index (κ3) is 3.44. The van der Waals surface area contributed by atoms with Crippen molar-refractivity contribution in [3.8, 4) is 11.1 Å². The van der Waals surface area contributed by atoms with Crippen LogP contribution in [0.5, 0.6) is 0 Å². The molecule has 0 aliphatic carbocycles. The number of H-pyrrole nitrogens is 1. The van der Waals surface area contributed by atoms with Gasteiger partial charge in [-0.2, -0.15) is 0 Å². The zero-order valence-corrected chi connectivity index (χ0v) is 11.1. The van der Waals surface area contributed by atoms with Gasteiger partial charge in [-0.25, -0.2) is 4.79 Å². The van der Waals surface area contributed by atoms with Crippen LogP contribution in [0.15, 0.2) is 41.6 Å². The second-order valence-electron chi connectivity index (χ2n) is 4.25. The lowest BCUT2D eigenvalue weighted by molar-refractivity contribution is 0.252. The van der Waals surface area contributed by atoms with E-state index in [1.807, 2.05) is 19.1 Å². The van der Waals surface area contributed by atoms with Crippen LogP contribution >= 0.6 is 0 Å². The van der Waals surface area contributed by atoms with E-state index in [9.17, 15) is 9.59 Å². The molecule has 0 aliphatic rings. The average Bonchev–Trinajstić information content (AvgIpc) is 2.48. The lowest BCUT2D eigenvalue weighted by Gasteiger charge is -2.07. The summed E-state index contributed by atoms with van der Waals surface area (Å²) in [5, 5.41) is 5.20. The first-order chi connectivity index (χ1) is 9.70. The molecule has 0 spiro atoms. The maximum absolute atomic E-state index is 11.7. The summed E-state index contributed by atoms with van der Waals surface area (Å²) in [7, 11) is 0. The van der Waals surface area contributed by atoms with Crippen LogP contribution in [0.1, 0.15) is 13.3 Å². The molecule has 6 nitrogen and oxygen atoms in total. The minimum absolute atomic E-state index is 0.216. The number of carbonyl (C=O) groups excluding carboxylic acids is 1. The van der Waals surface area contributed by atoms with Crippen LogP contribution in [-0.4, -0.2) is 22.5 Å². The van der Waals surface area contributed by atoms with Gasteiger partial charge in [0.2, 0.25) is 0 Å². The van der Waals surface area contributed by atoms with Gasteiger partial charge in [-0.15, -0.1) is 0 Å². The fraction of sp³-hybridized carbons (Fsp3) is 0.214. The second-order valence-corrected chi connectivity index (χ2v) is 4.25. The van der Waals surface area contributed by atoms with Crippen molar-refractivity contribution in [2.75, 3.05) is 11.9 Å². The highest BCUT2D eigenvalue weighted by Gasteiger charge is 2.07. The molecule has 2 heterocycles. The molecule has 0 fully saturated rings. The van der Waals surface area contributed by atoms with Crippen LogP contribution in [0.25, 0.3) is 11.1 Å². The van der Waals surface area contributed by atoms with Crippen LogP contribution in [0.3, 0.4) is 0 Å². The van der Waals surface area contributed by atoms with Gasteiger partial charge in [-0.3, -0.25) is 9.78 Å². The van der Waals surface area contributed by atoms with Gasteiger partial charge in [-0.1, -0.05) is 6.92 Å². The first kappa shape index (κ1) is 13.8. The Hall–Kier alpha value is -2.63. The molecule has 0 aliphatic heterocycles. The van der Waals surface area contributed by atoms with Crippen molar-refractivity contribution in [2.45, 2.75) is 13.3 Å². The molecule has 104 valence electrons. The first-order valence-corrected chi connectivity index (χ1v) is 6.38. The van der Waals surface area contributed by atoms with E-state index in [2.05, 4.69) is 20.6 Å². The standard InChI is InChI=1S/C14H16N4O2/c1-2-5-16-14(20)18-12-8-11(9-17-13(12)19)10-3-6-15-7-4-10/h3-4,6-9H,2,5H2,1H3,(H,17,19)(H2,16,18,20). The largest absolute Gasteiger partial charge is 0.338 e. The Balaban J connectivity index is 2.21. The molecule has 0 atom stereocenters. The maximum Gasteiger partial charge on any atom is 0.319 e. The van der Waals surface area contributed by atoms with E-state index in [4.69, 9.17) is 0 Å². The monoisotopic (exact) mass is 272 g/mol. The Bertz CT molecular complexity index is 637. The summed E-state index contributed by atoms with van der Waals surface area (Å²) < 4.78 is 0. The van der Waals surface area contributed by atoms with Gasteiger partial charge in [0.05, 0.1) is 0 Å². The highest BCUT2D eigenvalue weighted by Crippen LogP contribution is 2.18. The van der Waals surface area contributed by atoms with Gasteiger partial charge >= 0.3 is 6.03 Å². The number of urea groups is 1. The number of pyridine rings is 2. The third-order valence-electron chi connectivity index (χ3n) is 2.70. The van der Waals surface area contributed by atoms with Gasteiger partial charge in [0.25, 0.3) is 5.56 Å². The molecule has 0 bridgehead atoms. The lowest BCUT2D eigenvalue weighted by atomic mass is 10.1. The maximum atomic E-state index is 11.7. The topological polar surface area (TPSA) is 86.9 Å². The molecule has 3 N–H and O–H groups in total. The molecule has 2 amide bonds. The molecule has 0 unspecified atom stereocenters. The van der Waals surface area contributed by atoms with Crippen molar-refractivity contribution in [1.29, 1.82) is 0 Å². The SMILES string of the molecule is CCCNC(=O)Nc1cc(-c2ccncc2)c[nH]c1=O. The van der Waals surface area contributed by atoms with Crippen molar-refractivity contribution in [3.05, 3.63) is 47.1 Å². The molecular weight excluding hydrogens is 256 g/mol. The van der Waals surface area contributed by atoms with E-state index < -0.39 is 0 Å². The fourth-order valence-electron chi connectivity index (χ4n) is 1.69. The van der Waals surface area contributed by atoms with Crippen molar-refractivity contribution < 1.29 is 4.79 Å². The van der Waals surface area contributed by atoms with Crippen molar-refractivity contribution in [2.24, 2.45) is 0 Å². The molecule has 0 radical (unpaired) electrons. The summed E-state index contributed by atoms with van der Waals surface area (Å²) in [6.07, 6.45) is 5.77. The number of nitrogens with zero attached hydrogens (tertiary/aromatic N) is 1. The molecule has 2 aromatic heterocycles. The number of rotatable bonds is 4. The molecule has 0 saturated heterocycles. The van der Waals surface area contributed by atoms with Gasteiger partial charge in [0, 0.05) is 30.7 Å². The predicted molar refractivity (Wildman–Crippen MR) is 77.6 cm³/mol. The van der Waals surface area contributed by atoms with Gasteiger partial charge in [0.1, 0.15) is 5.69 Å². The number of hydrogen-bond donors (Lipinski definition) is 3. The van der Waals surface area contributed by atoms with Crippen LogP contribution < -0.4 is 16.2 Å². The van der Waals surface area contributed by atoms with Gasteiger partial charge in [0.15, 0.2) is 0 Å². The Kier molecular flexibility index (Phi) is 4.49. The summed E-state index contributed by atoms with van der Waals surface area (Å²) in [6, 6.07) is 4.91. The summed E-state index contributed by atoms with van der Waals surface area (Å²) in [6.45, 7) is 2.52.